The molecule has 0 saturated heterocycles. The molecule has 4 aromatic rings. The molecule has 0 aliphatic heterocycles. The minimum Gasteiger partial charge on any atom is -0.493 e. The third-order valence-electron chi connectivity index (χ3n) is 5.03. The molecule has 0 spiro atoms. The highest BCUT2D eigenvalue weighted by molar-refractivity contribution is 5.82. The van der Waals surface area contributed by atoms with Crippen LogP contribution in [0.15, 0.2) is 50.5 Å². The Bertz CT molecular complexity index is 1350. The number of unbranched alkanes of at least 4 members (excludes halogenated alkanes) is 1. The van der Waals surface area contributed by atoms with Gasteiger partial charge < -0.3 is 19.0 Å². The van der Waals surface area contributed by atoms with Gasteiger partial charge in [-0.15, -0.1) is 0 Å². The Kier molecular flexibility index (Phi) is 5.57. The van der Waals surface area contributed by atoms with E-state index in [1.165, 1.54) is 11.7 Å². The van der Waals surface area contributed by atoms with Crippen LogP contribution in [0.1, 0.15) is 19.8 Å². The lowest BCUT2D eigenvalue weighted by Crippen LogP contribution is -2.35. The highest BCUT2D eigenvalue weighted by Crippen LogP contribution is 2.37. The second kappa shape index (κ2) is 8.47. The van der Waals surface area contributed by atoms with Crippen LogP contribution >= 0.6 is 0 Å². The number of ether oxygens (including phenoxy) is 2. The molecule has 0 unspecified atom stereocenters. The lowest BCUT2D eigenvalue weighted by atomic mass is 10.1. The molecule has 0 radical (unpaired) electrons. The molecule has 31 heavy (non-hydrogen) atoms. The first-order chi connectivity index (χ1) is 15.1. The summed E-state index contributed by atoms with van der Waals surface area (Å²) in [6, 6.07) is 10.4. The van der Waals surface area contributed by atoms with E-state index < -0.39 is 5.69 Å². The van der Waals surface area contributed by atoms with Gasteiger partial charge in [0.1, 0.15) is 0 Å². The predicted molar refractivity (Wildman–Crippen MR) is 116 cm³/mol. The number of aromatic amines is 1. The minimum absolute atomic E-state index is 0.248. The van der Waals surface area contributed by atoms with Gasteiger partial charge >= 0.3 is 5.69 Å². The molecule has 2 aromatic carbocycles. The zero-order chi connectivity index (χ0) is 22.0. The fourth-order valence-corrected chi connectivity index (χ4v) is 3.42. The molecule has 0 aliphatic carbocycles. The number of para-hydroxylation sites is 1. The Labute approximate surface area is 177 Å². The highest BCUT2D eigenvalue weighted by atomic mass is 16.5. The summed E-state index contributed by atoms with van der Waals surface area (Å²) in [5, 5.41) is 4.48. The molecule has 2 heterocycles. The van der Waals surface area contributed by atoms with E-state index in [-0.39, 0.29) is 11.4 Å². The predicted octanol–water partition coefficient (Wildman–Crippen LogP) is 3.22. The van der Waals surface area contributed by atoms with Gasteiger partial charge in [0.2, 0.25) is 5.82 Å². The normalized spacial score (nSPS) is 11.1. The fraction of sp³-hybridized carbons (Fsp3) is 0.273. The third kappa shape index (κ3) is 3.70. The summed E-state index contributed by atoms with van der Waals surface area (Å²) in [6.07, 6.45) is 1.64. The summed E-state index contributed by atoms with van der Waals surface area (Å²) in [4.78, 5) is 32.3. The van der Waals surface area contributed by atoms with Crippen LogP contribution in [0.5, 0.6) is 11.5 Å². The molecule has 2 aromatic heterocycles. The van der Waals surface area contributed by atoms with Crippen LogP contribution in [0.4, 0.5) is 0 Å². The summed E-state index contributed by atoms with van der Waals surface area (Å²) in [5.41, 5.74) is 0.861. The van der Waals surface area contributed by atoms with Gasteiger partial charge in [0.25, 0.3) is 11.4 Å². The number of benzene rings is 2. The smallest absolute Gasteiger partial charge is 0.328 e. The largest absolute Gasteiger partial charge is 0.493 e. The monoisotopic (exact) mass is 422 g/mol. The summed E-state index contributed by atoms with van der Waals surface area (Å²) >= 11 is 0. The number of rotatable bonds is 7. The molecule has 0 aliphatic rings. The fourth-order valence-electron chi connectivity index (χ4n) is 3.42. The van der Waals surface area contributed by atoms with E-state index in [0.29, 0.717) is 45.9 Å². The van der Waals surface area contributed by atoms with E-state index in [4.69, 9.17) is 14.0 Å². The van der Waals surface area contributed by atoms with Crippen LogP contribution in [0.3, 0.4) is 0 Å². The van der Waals surface area contributed by atoms with Crippen molar-refractivity contribution in [2.45, 2.75) is 26.3 Å². The van der Waals surface area contributed by atoms with Crippen molar-refractivity contribution in [3.63, 3.8) is 0 Å². The van der Waals surface area contributed by atoms with Crippen molar-refractivity contribution in [1.82, 2.24) is 19.7 Å². The lowest BCUT2D eigenvalue weighted by molar-refractivity contribution is 0.355. The standard InChI is InChI=1S/C22H22N4O5/c1-4-5-11-26-21(27)14-10-9-13(12-16(14)23-22(26)28)20-24-19(25-31-20)15-7-6-8-17(29-2)18(15)30-3/h6-10,12H,4-5,11H2,1-3H3,(H,23,28). The minimum atomic E-state index is -0.435. The zero-order valence-electron chi connectivity index (χ0n) is 17.5. The second-order valence-corrected chi connectivity index (χ2v) is 6.97. The number of hydrogen-bond donors (Lipinski definition) is 1. The van der Waals surface area contributed by atoms with Gasteiger partial charge in [0.15, 0.2) is 11.5 Å². The Morgan fingerprint density at radius 1 is 1.13 bits per heavy atom. The zero-order valence-corrected chi connectivity index (χ0v) is 17.5. The molecule has 1 N–H and O–H groups in total. The van der Waals surface area contributed by atoms with Crippen molar-refractivity contribution in [2.24, 2.45) is 0 Å². The lowest BCUT2D eigenvalue weighted by Gasteiger charge is -2.09. The number of nitrogens with one attached hydrogen (secondary N) is 1. The average molecular weight is 422 g/mol. The quantitative estimate of drug-likeness (QED) is 0.486. The van der Waals surface area contributed by atoms with Gasteiger partial charge in [-0.05, 0) is 36.8 Å². The van der Waals surface area contributed by atoms with E-state index >= 15 is 0 Å². The number of nitrogens with zero attached hydrogens (tertiary/aromatic N) is 3. The molecule has 9 nitrogen and oxygen atoms in total. The van der Waals surface area contributed by atoms with E-state index in [1.54, 1.807) is 43.5 Å². The first kappa shape index (κ1) is 20.4. The van der Waals surface area contributed by atoms with E-state index in [2.05, 4.69) is 15.1 Å². The SMILES string of the molecule is CCCCn1c(=O)[nH]c2cc(-c3nc(-c4cccc(OC)c4OC)no3)ccc2c1=O. The molecule has 160 valence electrons. The van der Waals surface area contributed by atoms with Gasteiger partial charge in [-0.25, -0.2) is 4.79 Å². The molecule has 0 saturated carbocycles. The number of methoxy groups -OCH3 is 2. The first-order valence-electron chi connectivity index (χ1n) is 9.89. The van der Waals surface area contributed by atoms with Crippen LogP contribution in [-0.2, 0) is 6.54 Å². The summed E-state index contributed by atoms with van der Waals surface area (Å²) in [7, 11) is 3.09. The van der Waals surface area contributed by atoms with Crippen molar-refractivity contribution in [1.29, 1.82) is 0 Å². The molecule has 0 fully saturated rings. The summed E-state index contributed by atoms with van der Waals surface area (Å²) in [5.74, 6) is 1.62. The van der Waals surface area contributed by atoms with Crippen molar-refractivity contribution >= 4 is 10.9 Å². The van der Waals surface area contributed by atoms with E-state index in [1.807, 2.05) is 6.92 Å². The molecule has 0 amide bonds. The Hall–Kier alpha value is -3.88. The van der Waals surface area contributed by atoms with Crippen LogP contribution < -0.4 is 20.7 Å². The topological polar surface area (TPSA) is 112 Å². The van der Waals surface area contributed by atoms with Gasteiger partial charge in [-0.2, -0.15) is 4.98 Å². The summed E-state index contributed by atoms with van der Waals surface area (Å²) < 4.78 is 17.4. The maximum atomic E-state index is 12.7. The molecule has 4 rings (SSSR count). The Balaban J connectivity index is 1.75. The van der Waals surface area contributed by atoms with Gasteiger partial charge in [0.05, 0.1) is 30.7 Å². The van der Waals surface area contributed by atoms with Crippen molar-refractivity contribution in [2.75, 3.05) is 14.2 Å². The number of H-pyrrole nitrogens is 1. The maximum absolute atomic E-state index is 12.7. The molecule has 0 atom stereocenters. The van der Waals surface area contributed by atoms with Gasteiger partial charge in [0, 0.05) is 12.1 Å². The third-order valence-corrected chi connectivity index (χ3v) is 5.03. The molecular weight excluding hydrogens is 400 g/mol. The van der Waals surface area contributed by atoms with Crippen LogP contribution in [-0.4, -0.2) is 33.9 Å². The van der Waals surface area contributed by atoms with Crippen molar-refractivity contribution < 1.29 is 14.0 Å². The first-order valence-corrected chi connectivity index (χ1v) is 9.89. The Morgan fingerprint density at radius 2 is 1.97 bits per heavy atom. The van der Waals surface area contributed by atoms with Crippen molar-refractivity contribution in [3.8, 4) is 34.3 Å². The molecule has 9 heteroatoms. The maximum Gasteiger partial charge on any atom is 0.328 e. The van der Waals surface area contributed by atoms with Gasteiger partial charge in [-0.3, -0.25) is 9.36 Å². The summed E-state index contributed by atoms with van der Waals surface area (Å²) in [6.45, 7) is 2.39. The van der Waals surface area contributed by atoms with Gasteiger partial charge in [-0.1, -0.05) is 24.6 Å². The van der Waals surface area contributed by atoms with Crippen LogP contribution in [0.2, 0.25) is 0 Å². The van der Waals surface area contributed by atoms with E-state index in [9.17, 15) is 9.59 Å². The molecular formula is C22H22N4O5. The highest BCUT2D eigenvalue weighted by Gasteiger charge is 2.18. The number of hydrogen-bond acceptors (Lipinski definition) is 7. The number of fused-ring (bicyclic) bond motifs is 1. The average Bonchev–Trinajstić information content (AvgIpc) is 3.28. The van der Waals surface area contributed by atoms with E-state index in [0.717, 1.165) is 12.8 Å². The van der Waals surface area contributed by atoms with Crippen LogP contribution in [0.25, 0.3) is 33.7 Å². The Morgan fingerprint density at radius 3 is 2.71 bits per heavy atom. The van der Waals surface area contributed by atoms with Crippen LogP contribution in [0, 0.1) is 0 Å². The second-order valence-electron chi connectivity index (χ2n) is 6.97. The van der Waals surface area contributed by atoms with Crippen molar-refractivity contribution in [3.05, 3.63) is 57.2 Å². The number of aromatic nitrogens is 4. The molecule has 0 bridgehead atoms.